The van der Waals surface area contributed by atoms with Crippen LogP contribution in [0, 0.1) is 6.92 Å². The fourth-order valence-electron chi connectivity index (χ4n) is 3.16. The number of amides is 1. The van der Waals surface area contributed by atoms with Gasteiger partial charge in [-0.1, -0.05) is 0 Å². The minimum absolute atomic E-state index is 0.0259. The molecule has 2 aromatic heterocycles. The molecular weight excluding hydrogens is 436 g/mol. The van der Waals surface area contributed by atoms with Crippen LogP contribution in [0.4, 0.5) is 5.82 Å². The molecule has 0 spiro atoms. The van der Waals surface area contributed by atoms with Crippen molar-refractivity contribution in [2.75, 3.05) is 26.0 Å². The highest BCUT2D eigenvalue weighted by atomic mass is 32.2. The van der Waals surface area contributed by atoms with E-state index in [9.17, 15) is 18.0 Å². The number of sulfonamides is 1. The lowest BCUT2D eigenvalue weighted by Crippen LogP contribution is -2.22. The standard InChI is InChI=1S/C20H26N6O5S/c1-13-10-18(26(5)23-13)22-19(27)12-31-20(28)9-8-17-21-15-11-14(32(29,30)24(2)3)6-7-16(15)25(17)4/h6-7,10-11H,8-9,12H2,1-5H3,(H,22,27). The molecule has 3 rings (SSSR count). The number of anilines is 1. The molecule has 0 bridgehead atoms. The molecule has 3 aromatic rings. The minimum atomic E-state index is -3.57. The van der Waals surface area contributed by atoms with Gasteiger partial charge in [0.05, 0.1) is 28.0 Å². The third-order valence-electron chi connectivity index (χ3n) is 4.91. The molecule has 11 nitrogen and oxygen atoms in total. The summed E-state index contributed by atoms with van der Waals surface area (Å²) in [5.41, 5.74) is 2.02. The van der Waals surface area contributed by atoms with E-state index in [1.54, 1.807) is 37.7 Å². The molecule has 2 heterocycles. The van der Waals surface area contributed by atoms with Gasteiger partial charge in [-0.3, -0.25) is 14.3 Å². The first-order valence-electron chi connectivity index (χ1n) is 9.83. The predicted octanol–water partition coefficient (Wildman–Crippen LogP) is 0.980. The summed E-state index contributed by atoms with van der Waals surface area (Å²) >= 11 is 0. The lowest BCUT2D eigenvalue weighted by atomic mass is 10.3. The molecule has 1 aromatic carbocycles. The van der Waals surface area contributed by atoms with Gasteiger partial charge in [-0.15, -0.1) is 0 Å². The number of carbonyl (C=O) groups excluding carboxylic acids is 2. The van der Waals surface area contributed by atoms with Crippen molar-refractivity contribution in [3.8, 4) is 0 Å². The van der Waals surface area contributed by atoms with Gasteiger partial charge >= 0.3 is 5.97 Å². The normalized spacial score (nSPS) is 11.8. The Balaban J connectivity index is 1.59. The second-order valence-electron chi connectivity index (χ2n) is 7.53. The summed E-state index contributed by atoms with van der Waals surface area (Å²) in [6.07, 6.45) is 0.306. The monoisotopic (exact) mass is 462 g/mol. The summed E-state index contributed by atoms with van der Waals surface area (Å²) in [7, 11) is 2.85. The van der Waals surface area contributed by atoms with Crippen molar-refractivity contribution in [2.45, 2.75) is 24.7 Å². The molecule has 1 N–H and O–H groups in total. The highest BCUT2D eigenvalue weighted by Crippen LogP contribution is 2.22. The Morgan fingerprint density at radius 1 is 1.19 bits per heavy atom. The lowest BCUT2D eigenvalue weighted by molar-refractivity contribution is -0.147. The average Bonchev–Trinajstić information content (AvgIpc) is 3.21. The van der Waals surface area contributed by atoms with Gasteiger partial charge in [-0.2, -0.15) is 5.10 Å². The Hall–Kier alpha value is -3.25. The Kier molecular flexibility index (Phi) is 6.65. The average molecular weight is 463 g/mol. The van der Waals surface area contributed by atoms with E-state index in [1.165, 1.54) is 30.9 Å². The van der Waals surface area contributed by atoms with Gasteiger partial charge in [0.1, 0.15) is 11.6 Å². The summed E-state index contributed by atoms with van der Waals surface area (Å²) in [4.78, 5) is 28.7. The molecule has 0 aliphatic carbocycles. The maximum Gasteiger partial charge on any atom is 0.306 e. The Labute approximate surface area is 186 Å². The van der Waals surface area contributed by atoms with Crippen LogP contribution >= 0.6 is 0 Å². The van der Waals surface area contributed by atoms with Crippen LogP contribution in [0.3, 0.4) is 0 Å². The maximum absolute atomic E-state index is 12.3. The van der Waals surface area contributed by atoms with E-state index in [0.717, 1.165) is 15.5 Å². The summed E-state index contributed by atoms with van der Waals surface area (Å²) in [5, 5.41) is 6.75. The number of nitrogens with one attached hydrogen (secondary N) is 1. The van der Waals surface area contributed by atoms with E-state index in [2.05, 4.69) is 15.4 Å². The van der Waals surface area contributed by atoms with E-state index in [0.29, 0.717) is 17.2 Å². The van der Waals surface area contributed by atoms with Crippen LogP contribution in [0.5, 0.6) is 0 Å². The first kappa shape index (κ1) is 23.4. The highest BCUT2D eigenvalue weighted by molar-refractivity contribution is 7.89. The van der Waals surface area contributed by atoms with E-state index < -0.39 is 28.5 Å². The minimum Gasteiger partial charge on any atom is -0.456 e. The zero-order valence-corrected chi connectivity index (χ0v) is 19.4. The molecule has 172 valence electrons. The van der Waals surface area contributed by atoms with Crippen LogP contribution in [0.1, 0.15) is 17.9 Å². The number of carbonyl (C=O) groups is 2. The van der Waals surface area contributed by atoms with E-state index in [4.69, 9.17) is 4.74 Å². The molecule has 1 amide bonds. The topological polar surface area (TPSA) is 128 Å². The fourth-order valence-corrected chi connectivity index (χ4v) is 4.09. The van der Waals surface area contributed by atoms with Crippen molar-refractivity contribution < 1.29 is 22.7 Å². The predicted molar refractivity (Wildman–Crippen MR) is 117 cm³/mol. The number of nitrogens with zero attached hydrogens (tertiary/aromatic N) is 5. The first-order valence-corrected chi connectivity index (χ1v) is 11.3. The van der Waals surface area contributed by atoms with Crippen molar-refractivity contribution in [2.24, 2.45) is 14.1 Å². The number of benzene rings is 1. The number of fused-ring (bicyclic) bond motifs is 1. The van der Waals surface area contributed by atoms with Crippen molar-refractivity contribution in [3.63, 3.8) is 0 Å². The molecule has 0 unspecified atom stereocenters. The quantitative estimate of drug-likeness (QED) is 0.494. The number of ether oxygens (including phenoxy) is 1. The number of esters is 1. The molecule has 32 heavy (non-hydrogen) atoms. The number of hydrogen-bond acceptors (Lipinski definition) is 7. The molecular formula is C20H26N6O5S. The van der Waals surface area contributed by atoms with E-state index in [-0.39, 0.29) is 17.7 Å². The van der Waals surface area contributed by atoms with Gasteiger partial charge in [0.25, 0.3) is 5.91 Å². The number of aromatic nitrogens is 4. The number of imidazole rings is 1. The summed E-state index contributed by atoms with van der Waals surface area (Å²) in [5.74, 6) is 0.119. The Morgan fingerprint density at radius 3 is 2.53 bits per heavy atom. The van der Waals surface area contributed by atoms with Gasteiger partial charge in [-0.25, -0.2) is 17.7 Å². The molecule has 0 saturated heterocycles. The fraction of sp³-hybridized carbons (Fsp3) is 0.400. The van der Waals surface area contributed by atoms with Crippen molar-refractivity contribution in [1.82, 2.24) is 23.6 Å². The van der Waals surface area contributed by atoms with E-state index >= 15 is 0 Å². The number of aryl methyl sites for hydroxylation is 4. The van der Waals surface area contributed by atoms with Crippen LogP contribution in [0.15, 0.2) is 29.2 Å². The molecule has 0 fully saturated rings. The summed E-state index contributed by atoms with van der Waals surface area (Å²) < 4.78 is 34.2. The van der Waals surface area contributed by atoms with E-state index in [1.807, 2.05) is 0 Å². The summed E-state index contributed by atoms with van der Waals surface area (Å²) in [6, 6.07) is 6.43. The van der Waals surface area contributed by atoms with Crippen LogP contribution in [0.25, 0.3) is 11.0 Å². The largest absolute Gasteiger partial charge is 0.456 e. The van der Waals surface area contributed by atoms with Gasteiger partial charge in [0.15, 0.2) is 6.61 Å². The van der Waals surface area contributed by atoms with Gasteiger partial charge < -0.3 is 14.6 Å². The molecule has 12 heteroatoms. The van der Waals surface area contributed by atoms with Crippen molar-refractivity contribution >= 4 is 38.8 Å². The molecule has 0 atom stereocenters. The Bertz CT molecular complexity index is 1280. The molecule has 0 aliphatic heterocycles. The second kappa shape index (κ2) is 9.09. The van der Waals surface area contributed by atoms with Crippen LogP contribution in [-0.2, 0) is 44.9 Å². The van der Waals surface area contributed by atoms with Gasteiger partial charge in [-0.05, 0) is 25.1 Å². The Morgan fingerprint density at radius 2 is 1.91 bits per heavy atom. The zero-order valence-electron chi connectivity index (χ0n) is 18.6. The molecule has 0 aliphatic rings. The number of hydrogen-bond donors (Lipinski definition) is 1. The molecule has 0 radical (unpaired) electrons. The third-order valence-corrected chi connectivity index (χ3v) is 6.72. The lowest BCUT2D eigenvalue weighted by Gasteiger charge is -2.10. The summed E-state index contributed by atoms with van der Waals surface area (Å²) in [6.45, 7) is 1.40. The third kappa shape index (κ3) is 4.97. The number of rotatable bonds is 8. The first-order chi connectivity index (χ1) is 15.0. The molecule has 0 saturated carbocycles. The highest BCUT2D eigenvalue weighted by Gasteiger charge is 2.19. The van der Waals surface area contributed by atoms with Gasteiger partial charge in [0, 0.05) is 40.7 Å². The smallest absolute Gasteiger partial charge is 0.306 e. The zero-order chi connectivity index (χ0) is 23.6. The maximum atomic E-state index is 12.3. The van der Waals surface area contributed by atoms with Crippen LogP contribution in [0.2, 0.25) is 0 Å². The SMILES string of the molecule is Cc1cc(NC(=O)COC(=O)CCc2nc3cc(S(=O)(=O)N(C)C)ccc3n2C)n(C)n1. The van der Waals surface area contributed by atoms with Crippen LogP contribution < -0.4 is 5.32 Å². The van der Waals surface area contributed by atoms with Crippen LogP contribution in [-0.4, -0.2) is 64.6 Å². The van der Waals surface area contributed by atoms with Crippen molar-refractivity contribution in [1.29, 1.82) is 0 Å². The van der Waals surface area contributed by atoms with Crippen molar-refractivity contribution in [3.05, 3.63) is 35.8 Å². The van der Waals surface area contributed by atoms with Gasteiger partial charge in [0.2, 0.25) is 10.0 Å². The second-order valence-corrected chi connectivity index (χ2v) is 9.68.